The Hall–Kier alpha value is -2.93. The standard InChI is InChI=1S/C26H34N6O/c1-2-31-13-10-19(11-14-31)16-24(33)32-15-12-21(18-32)23-9-8-22-25(29-30-26(22)28-23)27-17-20-6-4-3-5-7-20/h3-9,19,21H,2,10-18H2,1H3,(H2,27,28,29,30). The number of carbonyl (C=O) groups is 1. The van der Waals surface area contributed by atoms with Gasteiger partial charge in [0.25, 0.3) is 0 Å². The summed E-state index contributed by atoms with van der Waals surface area (Å²) in [6, 6.07) is 14.5. The average molecular weight is 447 g/mol. The van der Waals surface area contributed by atoms with E-state index in [1.54, 1.807) is 0 Å². The second kappa shape index (κ2) is 9.91. The molecule has 0 aliphatic carbocycles. The number of pyridine rings is 1. The Bertz CT molecular complexity index is 1070. The number of likely N-dealkylation sites (tertiary alicyclic amines) is 2. The van der Waals surface area contributed by atoms with Crippen LogP contribution in [0.3, 0.4) is 0 Å². The SMILES string of the molecule is CCN1CCC(CC(=O)N2CCC(c3ccc4c(NCc5ccccc5)n[nH]c4n3)C2)CC1. The average Bonchev–Trinajstić information content (AvgIpc) is 3.51. The Morgan fingerprint density at radius 2 is 1.91 bits per heavy atom. The van der Waals surface area contributed by atoms with Crippen molar-refractivity contribution in [2.45, 2.75) is 45.1 Å². The number of hydrogen-bond donors (Lipinski definition) is 2. The number of aromatic amines is 1. The molecule has 2 aliphatic rings. The molecule has 2 saturated heterocycles. The van der Waals surface area contributed by atoms with Crippen LogP contribution in [0.2, 0.25) is 0 Å². The van der Waals surface area contributed by atoms with E-state index in [4.69, 9.17) is 4.98 Å². The van der Waals surface area contributed by atoms with Gasteiger partial charge in [0.1, 0.15) is 0 Å². The molecule has 0 saturated carbocycles. The van der Waals surface area contributed by atoms with Gasteiger partial charge in [0, 0.05) is 37.7 Å². The third-order valence-electron chi connectivity index (χ3n) is 7.33. The fraction of sp³-hybridized carbons (Fsp3) is 0.500. The van der Waals surface area contributed by atoms with Gasteiger partial charge in [0.05, 0.1) is 5.39 Å². The number of H-pyrrole nitrogens is 1. The number of fused-ring (bicyclic) bond motifs is 1. The van der Waals surface area contributed by atoms with Crippen molar-refractivity contribution in [2.24, 2.45) is 5.92 Å². The molecule has 2 fully saturated rings. The van der Waals surface area contributed by atoms with Gasteiger partial charge in [0.2, 0.25) is 5.91 Å². The number of rotatable bonds is 7. The van der Waals surface area contributed by atoms with Crippen molar-refractivity contribution in [3.05, 3.63) is 53.7 Å². The van der Waals surface area contributed by atoms with Crippen LogP contribution in [0, 0.1) is 5.92 Å². The van der Waals surface area contributed by atoms with E-state index in [9.17, 15) is 4.79 Å². The minimum atomic E-state index is 0.296. The van der Waals surface area contributed by atoms with Crippen molar-refractivity contribution in [3.63, 3.8) is 0 Å². The quantitative estimate of drug-likeness (QED) is 0.574. The van der Waals surface area contributed by atoms with Crippen molar-refractivity contribution in [1.82, 2.24) is 25.0 Å². The molecule has 7 heteroatoms. The highest BCUT2D eigenvalue weighted by atomic mass is 16.2. The second-order valence-corrected chi connectivity index (χ2v) is 9.45. The zero-order valence-electron chi connectivity index (χ0n) is 19.5. The van der Waals surface area contributed by atoms with Gasteiger partial charge in [-0.1, -0.05) is 37.3 Å². The van der Waals surface area contributed by atoms with Crippen LogP contribution in [-0.2, 0) is 11.3 Å². The lowest BCUT2D eigenvalue weighted by atomic mass is 9.93. The molecule has 7 nitrogen and oxygen atoms in total. The number of aromatic nitrogens is 3. The van der Waals surface area contributed by atoms with Crippen LogP contribution in [0.4, 0.5) is 5.82 Å². The Balaban J connectivity index is 1.17. The Morgan fingerprint density at radius 3 is 2.70 bits per heavy atom. The summed E-state index contributed by atoms with van der Waals surface area (Å²) in [6.07, 6.45) is 3.98. The van der Waals surface area contributed by atoms with Crippen molar-refractivity contribution >= 4 is 22.8 Å². The zero-order valence-corrected chi connectivity index (χ0v) is 19.5. The molecule has 2 aromatic heterocycles. The highest BCUT2D eigenvalue weighted by Crippen LogP contribution is 2.30. The fourth-order valence-corrected chi connectivity index (χ4v) is 5.17. The molecule has 0 bridgehead atoms. The number of nitrogens with one attached hydrogen (secondary N) is 2. The first-order chi connectivity index (χ1) is 16.2. The van der Waals surface area contributed by atoms with E-state index in [0.717, 1.165) is 81.1 Å². The molecule has 3 aromatic rings. The summed E-state index contributed by atoms with van der Waals surface area (Å²) in [5, 5.41) is 11.9. The molecule has 2 aliphatic heterocycles. The van der Waals surface area contributed by atoms with Gasteiger partial charge in [-0.25, -0.2) is 4.98 Å². The number of carbonyl (C=O) groups excluding carboxylic acids is 1. The summed E-state index contributed by atoms with van der Waals surface area (Å²) >= 11 is 0. The van der Waals surface area contributed by atoms with Crippen LogP contribution in [0.5, 0.6) is 0 Å². The highest BCUT2D eigenvalue weighted by Gasteiger charge is 2.30. The van der Waals surface area contributed by atoms with E-state index in [0.29, 0.717) is 24.2 Å². The maximum absolute atomic E-state index is 12.9. The van der Waals surface area contributed by atoms with Gasteiger partial charge >= 0.3 is 0 Å². The summed E-state index contributed by atoms with van der Waals surface area (Å²) in [5.74, 6) is 1.98. The Morgan fingerprint density at radius 1 is 1.09 bits per heavy atom. The molecule has 174 valence electrons. The molecule has 4 heterocycles. The summed E-state index contributed by atoms with van der Waals surface area (Å²) in [4.78, 5) is 22.3. The summed E-state index contributed by atoms with van der Waals surface area (Å²) in [6.45, 7) is 7.93. The van der Waals surface area contributed by atoms with Crippen molar-refractivity contribution in [2.75, 3.05) is 38.0 Å². The third kappa shape index (κ3) is 5.03. The van der Waals surface area contributed by atoms with Gasteiger partial charge in [-0.2, -0.15) is 5.10 Å². The van der Waals surface area contributed by atoms with E-state index in [1.165, 1.54) is 5.56 Å². The summed E-state index contributed by atoms with van der Waals surface area (Å²) < 4.78 is 0. The number of hydrogen-bond acceptors (Lipinski definition) is 5. The molecule has 5 rings (SSSR count). The lowest BCUT2D eigenvalue weighted by Crippen LogP contribution is -2.36. The van der Waals surface area contributed by atoms with Gasteiger partial charge in [-0.3, -0.25) is 9.89 Å². The lowest BCUT2D eigenvalue weighted by Gasteiger charge is -2.31. The molecule has 1 amide bonds. The second-order valence-electron chi connectivity index (χ2n) is 9.45. The topological polar surface area (TPSA) is 77.2 Å². The molecular weight excluding hydrogens is 412 g/mol. The summed E-state index contributed by atoms with van der Waals surface area (Å²) in [5.41, 5.74) is 3.06. The van der Waals surface area contributed by atoms with Crippen LogP contribution < -0.4 is 5.32 Å². The van der Waals surface area contributed by atoms with E-state index < -0.39 is 0 Å². The maximum atomic E-state index is 12.9. The molecule has 1 atom stereocenters. The van der Waals surface area contributed by atoms with Crippen molar-refractivity contribution < 1.29 is 4.79 Å². The number of benzene rings is 1. The van der Waals surface area contributed by atoms with Crippen molar-refractivity contribution in [1.29, 1.82) is 0 Å². The van der Waals surface area contributed by atoms with Gasteiger partial charge < -0.3 is 15.1 Å². The normalized spacial score (nSPS) is 19.9. The maximum Gasteiger partial charge on any atom is 0.222 e. The summed E-state index contributed by atoms with van der Waals surface area (Å²) in [7, 11) is 0. The van der Waals surface area contributed by atoms with Crippen molar-refractivity contribution in [3.8, 4) is 0 Å². The van der Waals surface area contributed by atoms with Gasteiger partial charge in [-0.15, -0.1) is 0 Å². The minimum absolute atomic E-state index is 0.296. The van der Waals surface area contributed by atoms with Gasteiger partial charge in [-0.05, 0) is 62.5 Å². The predicted octanol–water partition coefficient (Wildman–Crippen LogP) is 4.01. The van der Waals surface area contributed by atoms with Crippen LogP contribution in [0.1, 0.15) is 49.8 Å². The Labute approximate surface area is 195 Å². The first kappa shape index (κ1) is 21.9. The van der Waals surface area contributed by atoms with E-state index >= 15 is 0 Å². The number of nitrogens with zero attached hydrogens (tertiary/aromatic N) is 4. The van der Waals surface area contributed by atoms with Gasteiger partial charge in [0.15, 0.2) is 11.5 Å². The highest BCUT2D eigenvalue weighted by molar-refractivity contribution is 5.87. The molecule has 1 unspecified atom stereocenters. The number of anilines is 1. The zero-order chi connectivity index (χ0) is 22.6. The van der Waals surface area contributed by atoms with Crippen LogP contribution in [0.25, 0.3) is 11.0 Å². The molecular formula is C26H34N6O. The smallest absolute Gasteiger partial charge is 0.222 e. The predicted molar refractivity (Wildman–Crippen MR) is 131 cm³/mol. The molecule has 0 radical (unpaired) electrons. The molecule has 0 spiro atoms. The third-order valence-corrected chi connectivity index (χ3v) is 7.33. The number of piperidine rings is 1. The molecule has 33 heavy (non-hydrogen) atoms. The first-order valence-corrected chi connectivity index (χ1v) is 12.3. The van der Waals surface area contributed by atoms with Crippen LogP contribution >= 0.6 is 0 Å². The first-order valence-electron chi connectivity index (χ1n) is 12.3. The fourth-order valence-electron chi connectivity index (χ4n) is 5.17. The van der Waals surface area contributed by atoms with E-state index in [1.807, 2.05) is 18.2 Å². The molecule has 1 aromatic carbocycles. The van der Waals surface area contributed by atoms with E-state index in [-0.39, 0.29) is 0 Å². The molecule has 2 N–H and O–H groups in total. The lowest BCUT2D eigenvalue weighted by molar-refractivity contribution is -0.131. The van der Waals surface area contributed by atoms with Crippen LogP contribution in [-0.4, -0.2) is 63.6 Å². The minimum Gasteiger partial charge on any atom is -0.364 e. The Kier molecular flexibility index (Phi) is 6.58. The van der Waals surface area contributed by atoms with Crippen LogP contribution in [0.15, 0.2) is 42.5 Å². The number of amides is 1. The largest absolute Gasteiger partial charge is 0.364 e. The van der Waals surface area contributed by atoms with E-state index in [2.05, 4.69) is 56.5 Å². The monoisotopic (exact) mass is 446 g/mol.